The number of aromatic hydroxyl groups is 1. The quantitative estimate of drug-likeness (QED) is 0.526. The highest BCUT2D eigenvalue weighted by Gasteiger charge is 2.30. The largest absolute Gasteiger partial charge is 0.507 e. The Morgan fingerprint density at radius 1 is 1.00 bits per heavy atom. The van der Waals surface area contributed by atoms with Gasteiger partial charge in [0, 0.05) is 55.2 Å². The number of nitrogens with two attached hydrogens (primary N) is 1. The van der Waals surface area contributed by atoms with E-state index in [4.69, 9.17) is 5.73 Å². The lowest BCUT2D eigenvalue weighted by Crippen LogP contribution is -2.52. The summed E-state index contributed by atoms with van der Waals surface area (Å²) in [5.74, 6) is 7.16. The van der Waals surface area contributed by atoms with Crippen LogP contribution in [0.2, 0.25) is 0 Å². The first-order valence-electron chi connectivity index (χ1n) is 13.0. The second-order valence-electron chi connectivity index (χ2n) is 10.1. The molecule has 3 aromatic rings. The molecule has 3 N–H and O–H groups in total. The van der Waals surface area contributed by atoms with Crippen LogP contribution in [0.3, 0.4) is 0 Å². The Bertz CT molecular complexity index is 1310. The van der Waals surface area contributed by atoms with Gasteiger partial charge in [0.25, 0.3) is 0 Å². The molecule has 3 atom stereocenters. The number of anilines is 3. The van der Waals surface area contributed by atoms with Crippen LogP contribution in [0.15, 0.2) is 48.7 Å². The van der Waals surface area contributed by atoms with E-state index in [2.05, 4.69) is 74.6 Å². The number of aromatic nitrogens is 3. The van der Waals surface area contributed by atoms with Gasteiger partial charge in [0.15, 0.2) is 5.82 Å². The third-order valence-electron chi connectivity index (χ3n) is 7.65. The number of phenolic OH excluding ortho intramolecular Hbond substituents is 1. The summed E-state index contributed by atoms with van der Waals surface area (Å²) in [6, 6.07) is 14.8. The standard InChI is InChI=1S/C29H35N7O/c1-20-11-14-34(27-19-26(32-33-29(27)30)25-8-4-5-9-28(25)37)15-16-36(20)24-10-12-31-23(18-24)7-6-13-35-21(2)17-22(35)3/h4-5,8-10,12,18-22,37H,11,13-17H2,1-3H3,(H2,30,33). The smallest absolute Gasteiger partial charge is 0.169 e. The van der Waals surface area contributed by atoms with Gasteiger partial charge in [-0.15, -0.1) is 10.2 Å². The highest BCUT2D eigenvalue weighted by molar-refractivity contribution is 5.74. The summed E-state index contributed by atoms with van der Waals surface area (Å²) in [4.78, 5) is 11.6. The van der Waals surface area contributed by atoms with E-state index in [9.17, 15) is 5.11 Å². The third kappa shape index (κ3) is 5.32. The molecule has 8 heteroatoms. The van der Waals surface area contributed by atoms with E-state index >= 15 is 0 Å². The summed E-state index contributed by atoms with van der Waals surface area (Å²) in [5, 5.41) is 18.7. The average Bonchev–Trinajstić information content (AvgIpc) is 3.09. The molecular formula is C29H35N7O. The van der Waals surface area contributed by atoms with Crippen molar-refractivity contribution < 1.29 is 5.11 Å². The lowest BCUT2D eigenvalue weighted by atomic mass is 9.96. The normalized spacial score (nSPS) is 22.1. The summed E-state index contributed by atoms with van der Waals surface area (Å²) >= 11 is 0. The van der Waals surface area contributed by atoms with Gasteiger partial charge < -0.3 is 20.6 Å². The number of nitrogen functional groups attached to an aromatic ring is 1. The highest BCUT2D eigenvalue weighted by atomic mass is 16.3. The van der Waals surface area contributed by atoms with Gasteiger partial charge in [-0.2, -0.15) is 0 Å². The molecular weight excluding hydrogens is 462 g/mol. The molecule has 0 radical (unpaired) electrons. The van der Waals surface area contributed by atoms with Gasteiger partial charge in [0.1, 0.15) is 11.4 Å². The molecule has 2 aromatic heterocycles. The topological polar surface area (TPSA) is 94.6 Å². The Morgan fingerprint density at radius 2 is 1.81 bits per heavy atom. The van der Waals surface area contributed by atoms with Crippen molar-refractivity contribution in [2.45, 2.75) is 51.7 Å². The van der Waals surface area contributed by atoms with Crippen molar-refractivity contribution in [1.82, 2.24) is 20.1 Å². The van der Waals surface area contributed by atoms with Gasteiger partial charge in [-0.3, -0.25) is 4.90 Å². The van der Waals surface area contributed by atoms with E-state index in [0.717, 1.165) is 49.7 Å². The maximum Gasteiger partial charge on any atom is 0.169 e. The van der Waals surface area contributed by atoms with Crippen LogP contribution in [0, 0.1) is 11.8 Å². The van der Waals surface area contributed by atoms with Gasteiger partial charge in [-0.05, 0) is 69.9 Å². The van der Waals surface area contributed by atoms with Crippen molar-refractivity contribution in [1.29, 1.82) is 0 Å². The van der Waals surface area contributed by atoms with Crippen molar-refractivity contribution in [3.05, 3.63) is 54.4 Å². The molecule has 8 nitrogen and oxygen atoms in total. The summed E-state index contributed by atoms with van der Waals surface area (Å²) in [6.45, 7) is 10.0. The number of hydrogen-bond donors (Lipinski definition) is 2. The van der Waals surface area contributed by atoms with Gasteiger partial charge >= 0.3 is 0 Å². The third-order valence-corrected chi connectivity index (χ3v) is 7.65. The Kier molecular flexibility index (Phi) is 7.15. The molecule has 0 aliphatic carbocycles. The maximum absolute atomic E-state index is 10.3. The molecule has 37 heavy (non-hydrogen) atoms. The fraction of sp³-hybridized carbons (Fsp3) is 0.414. The molecule has 0 amide bonds. The van der Waals surface area contributed by atoms with E-state index in [1.165, 1.54) is 6.42 Å². The van der Waals surface area contributed by atoms with Crippen LogP contribution in [0.1, 0.15) is 39.3 Å². The van der Waals surface area contributed by atoms with Crippen LogP contribution < -0.4 is 15.5 Å². The first kappa shape index (κ1) is 24.8. The van der Waals surface area contributed by atoms with Gasteiger partial charge in [0.2, 0.25) is 0 Å². The first-order valence-corrected chi connectivity index (χ1v) is 13.0. The first-order chi connectivity index (χ1) is 17.9. The van der Waals surface area contributed by atoms with E-state index in [1.54, 1.807) is 12.1 Å². The Morgan fingerprint density at radius 3 is 2.59 bits per heavy atom. The molecule has 0 bridgehead atoms. The van der Waals surface area contributed by atoms with Gasteiger partial charge in [-0.1, -0.05) is 18.1 Å². The summed E-state index contributed by atoms with van der Waals surface area (Å²) in [5.41, 5.74) is 10.3. The molecule has 0 saturated carbocycles. The zero-order valence-corrected chi connectivity index (χ0v) is 21.8. The molecule has 2 aliphatic heterocycles. The molecule has 2 aliphatic rings. The molecule has 5 rings (SSSR count). The second-order valence-corrected chi connectivity index (χ2v) is 10.1. The van der Waals surface area contributed by atoms with Crippen molar-refractivity contribution in [3.8, 4) is 28.8 Å². The molecule has 192 valence electrons. The molecule has 3 unspecified atom stereocenters. The van der Waals surface area contributed by atoms with E-state index in [1.807, 2.05) is 24.4 Å². The van der Waals surface area contributed by atoms with Crippen LogP contribution in [-0.2, 0) is 0 Å². The Labute approximate surface area is 219 Å². The number of likely N-dealkylation sites (tertiary alicyclic amines) is 1. The zero-order valence-electron chi connectivity index (χ0n) is 21.8. The average molecular weight is 498 g/mol. The monoisotopic (exact) mass is 497 g/mol. The second kappa shape index (κ2) is 10.7. The number of para-hydroxylation sites is 1. The highest BCUT2D eigenvalue weighted by Crippen LogP contribution is 2.32. The van der Waals surface area contributed by atoms with Crippen LogP contribution in [0.4, 0.5) is 17.2 Å². The molecule has 4 heterocycles. The predicted octanol–water partition coefficient (Wildman–Crippen LogP) is 3.77. The van der Waals surface area contributed by atoms with Crippen LogP contribution in [-0.4, -0.2) is 69.5 Å². The fourth-order valence-corrected chi connectivity index (χ4v) is 5.41. The van der Waals surface area contributed by atoms with Gasteiger partial charge in [0.05, 0.1) is 17.9 Å². The van der Waals surface area contributed by atoms with Crippen LogP contribution in [0.25, 0.3) is 11.3 Å². The van der Waals surface area contributed by atoms with Crippen molar-refractivity contribution in [2.75, 3.05) is 41.7 Å². The van der Waals surface area contributed by atoms with E-state index in [0.29, 0.717) is 35.2 Å². The molecule has 1 aromatic carbocycles. The van der Waals surface area contributed by atoms with E-state index < -0.39 is 0 Å². The predicted molar refractivity (Wildman–Crippen MR) is 149 cm³/mol. The number of rotatable bonds is 4. The van der Waals surface area contributed by atoms with Crippen molar-refractivity contribution in [3.63, 3.8) is 0 Å². The SMILES string of the molecule is CC1CCN(c2cc(-c3ccccc3O)nnc2N)CCN1c1ccnc(C#CCN2C(C)CC2C)c1. The zero-order chi connectivity index (χ0) is 25.9. The van der Waals surface area contributed by atoms with Crippen molar-refractivity contribution in [2.24, 2.45) is 0 Å². The lowest BCUT2D eigenvalue weighted by molar-refractivity contribution is 0.0540. The number of pyridine rings is 1. The van der Waals surface area contributed by atoms with Crippen molar-refractivity contribution >= 4 is 17.2 Å². The minimum absolute atomic E-state index is 0.175. The Balaban J connectivity index is 1.31. The lowest BCUT2D eigenvalue weighted by Gasteiger charge is -2.44. The fourth-order valence-electron chi connectivity index (χ4n) is 5.41. The molecule has 0 spiro atoms. The number of hydrogen-bond acceptors (Lipinski definition) is 8. The summed E-state index contributed by atoms with van der Waals surface area (Å²) in [7, 11) is 0. The molecule has 2 fully saturated rings. The minimum Gasteiger partial charge on any atom is -0.507 e. The van der Waals surface area contributed by atoms with Crippen LogP contribution >= 0.6 is 0 Å². The van der Waals surface area contributed by atoms with Gasteiger partial charge in [-0.25, -0.2) is 4.98 Å². The van der Waals surface area contributed by atoms with E-state index in [-0.39, 0.29) is 5.75 Å². The maximum atomic E-state index is 10.3. The minimum atomic E-state index is 0.175. The number of benzene rings is 1. The number of phenols is 1. The summed E-state index contributed by atoms with van der Waals surface area (Å²) in [6.07, 6.45) is 4.06. The van der Waals surface area contributed by atoms with Crippen LogP contribution in [0.5, 0.6) is 5.75 Å². The molecule has 2 saturated heterocycles. The number of nitrogens with zero attached hydrogens (tertiary/aromatic N) is 6. The Hall–Kier alpha value is -3.83. The summed E-state index contributed by atoms with van der Waals surface area (Å²) < 4.78 is 0.